The molecule has 0 aliphatic heterocycles. The monoisotopic (exact) mass is 478 g/mol. The van der Waals surface area contributed by atoms with E-state index in [0.717, 1.165) is 33.5 Å². The predicted octanol–water partition coefficient (Wildman–Crippen LogP) is 5.84. The zero-order valence-corrected chi connectivity index (χ0v) is 20.6. The van der Waals surface area contributed by atoms with Crippen LogP contribution in [0.3, 0.4) is 0 Å². The molecule has 0 saturated carbocycles. The molecule has 180 valence electrons. The molecule has 8 heteroatoms. The maximum atomic E-state index is 12.8. The number of rotatable bonds is 5. The number of hydrogen-bond donors (Lipinski definition) is 1. The third kappa shape index (κ3) is 4.79. The SMILES string of the molecule is Cc1ccc(NC(=O)c2cc(C(C)(C)C)on2)cc1-n1cc(-c2cncc(-c3ccncc3)c2)cn1. The molecule has 5 rings (SSSR count). The molecular formula is C28H26N6O2. The molecule has 1 N–H and O–H groups in total. The van der Waals surface area contributed by atoms with Gasteiger partial charge in [-0.3, -0.25) is 14.8 Å². The van der Waals surface area contributed by atoms with Crippen molar-refractivity contribution in [3.05, 3.63) is 96.7 Å². The second-order valence-electron chi connectivity index (χ2n) is 9.65. The number of aryl methyl sites for hydroxylation is 1. The maximum Gasteiger partial charge on any atom is 0.277 e. The third-order valence-electron chi connectivity index (χ3n) is 5.86. The van der Waals surface area contributed by atoms with E-state index in [4.69, 9.17) is 4.52 Å². The maximum absolute atomic E-state index is 12.8. The summed E-state index contributed by atoms with van der Waals surface area (Å²) in [6, 6.07) is 13.4. The van der Waals surface area contributed by atoms with Gasteiger partial charge in [-0.1, -0.05) is 32.0 Å². The van der Waals surface area contributed by atoms with Gasteiger partial charge in [0, 0.05) is 64.8 Å². The van der Waals surface area contributed by atoms with Gasteiger partial charge in [0.2, 0.25) is 0 Å². The predicted molar refractivity (Wildman–Crippen MR) is 138 cm³/mol. The number of carbonyl (C=O) groups is 1. The Morgan fingerprint density at radius 3 is 2.36 bits per heavy atom. The van der Waals surface area contributed by atoms with Gasteiger partial charge in [0.15, 0.2) is 5.69 Å². The standard InChI is InChI=1S/C28H26N6O2/c1-18-5-6-23(32-27(35)24-13-26(36-33-24)28(2,3)4)12-25(18)34-17-22(16-31-34)21-11-20(14-30-15-21)19-7-9-29-10-8-19/h5-17H,1-4H3,(H,32,35). The smallest absolute Gasteiger partial charge is 0.277 e. The molecule has 4 aromatic heterocycles. The van der Waals surface area contributed by atoms with Gasteiger partial charge in [-0.2, -0.15) is 5.10 Å². The Bertz CT molecular complexity index is 1530. The van der Waals surface area contributed by atoms with E-state index >= 15 is 0 Å². The van der Waals surface area contributed by atoms with Crippen molar-refractivity contribution in [3.8, 4) is 27.9 Å². The van der Waals surface area contributed by atoms with Crippen LogP contribution in [0, 0.1) is 6.92 Å². The molecule has 36 heavy (non-hydrogen) atoms. The number of benzene rings is 1. The van der Waals surface area contributed by atoms with Crippen LogP contribution in [-0.2, 0) is 5.41 Å². The minimum absolute atomic E-state index is 0.228. The highest BCUT2D eigenvalue weighted by Crippen LogP contribution is 2.27. The first-order valence-electron chi connectivity index (χ1n) is 11.6. The molecule has 0 radical (unpaired) electrons. The average Bonchev–Trinajstić information content (AvgIpc) is 3.57. The Kier molecular flexibility index (Phi) is 5.93. The number of aromatic nitrogens is 5. The highest BCUT2D eigenvalue weighted by atomic mass is 16.5. The lowest BCUT2D eigenvalue weighted by molar-refractivity contribution is 0.101. The number of amides is 1. The van der Waals surface area contributed by atoms with Crippen LogP contribution in [0.1, 0.15) is 42.6 Å². The Hall–Kier alpha value is -4.59. The highest BCUT2D eigenvalue weighted by molar-refractivity contribution is 6.03. The molecule has 0 bridgehead atoms. The summed E-state index contributed by atoms with van der Waals surface area (Å²) in [6.07, 6.45) is 10.9. The van der Waals surface area contributed by atoms with E-state index in [0.29, 0.717) is 11.4 Å². The summed E-state index contributed by atoms with van der Waals surface area (Å²) in [6.45, 7) is 8.02. The van der Waals surface area contributed by atoms with Gasteiger partial charge >= 0.3 is 0 Å². The fourth-order valence-corrected chi connectivity index (χ4v) is 3.77. The van der Waals surface area contributed by atoms with Crippen molar-refractivity contribution >= 4 is 11.6 Å². The Labute approximate surface area is 209 Å². The Balaban J connectivity index is 1.39. The summed E-state index contributed by atoms with van der Waals surface area (Å²) in [5.41, 5.74) is 6.47. The first-order chi connectivity index (χ1) is 17.3. The van der Waals surface area contributed by atoms with Crippen LogP contribution in [0.2, 0.25) is 0 Å². The van der Waals surface area contributed by atoms with Gasteiger partial charge in [0.1, 0.15) is 5.76 Å². The van der Waals surface area contributed by atoms with Crippen molar-refractivity contribution in [3.63, 3.8) is 0 Å². The van der Waals surface area contributed by atoms with Crippen LogP contribution in [0.4, 0.5) is 5.69 Å². The molecule has 4 heterocycles. The van der Waals surface area contributed by atoms with Gasteiger partial charge in [-0.25, -0.2) is 4.68 Å². The normalized spacial score (nSPS) is 11.4. The Morgan fingerprint density at radius 1 is 0.889 bits per heavy atom. The first-order valence-corrected chi connectivity index (χ1v) is 11.6. The van der Waals surface area contributed by atoms with Gasteiger partial charge in [0.05, 0.1) is 11.9 Å². The van der Waals surface area contributed by atoms with E-state index in [2.05, 4.69) is 31.6 Å². The second-order valence-corrected chi connectivity index (χ2v) is 9.65. The zero-order valence-electron chi connectivity index (χ0n) is 20.6. The minimum Gasteiger partial charge on any atom is -0.360 e. The number of nitrogens with one attached hydrogen (secondary N) is 1. The van der Waals surface area contributed by atoms with Gasteiger partial charge in [-0.15, -0.1) is 0 Å². The number of carbonyl (C=O) groups excluding carboxylic acids is 1. The fraction of sp³-hybridized carbons (Fsp3) is 0.179. The topological polar surface area (TPSA) is 98.7 Å². The van der Waals surface area contributed by atoms with E-state index in [1.807, 2.05) is 82.8 Å². The molecule has 0 fully saturated rings. The van der Waals surface area contributed by atoms with E-state index in [1.54, 1.807) is 23.1 Å². The van der Waals surface area contributed by atoms with Gasteiger partial charge in [0.25, 0.3) is 5.91 Å². The molecule has 0 aliphatic rings. The molecule has 1 amide bonds. The number of pyridine rings is 2. The van der Waals surface area contributed by atoms with Crippen molar-refractivity contribution < 1.29 is 9.32 Å². The van der Waals surface area contributed by atoms with Crippen LogP contribution < -0.4 is 5.32 Å². The van der Waals surface area contributed by atoms with Gasteiger partial charge < -0.3 is 9.84 Å². The second kappa shape index (κ2) is 9.22. The van der Waals surface area contributed by atoms with Crippen molar-refractivity contribution in [2.45, 2.75) is 33.1 Å². The third-order valence-corrected chi connectivity index (χ3v) is 5.86. The van der Waals surface area contributed by atoms with Crippen molar-refractivity contribution in [2.24, 2.45) is 0 Å². The summed E-state index contributed by atoms with van der Waals surface area (Å²) in [7, 11) is 0. The quantitative estimate of drug-likeness (QED) is 0.341. The van der Waals surface area contributed by atoms with E-state index < -0.39 is 0 Å². The summed E-state index contributed by atoms with van der Waals surface area (Å²) >= 11 is 0. The molecule has 0 aliphatic carbocycles. The minimum atomic E-state index is -0.329. The van der Waals surface area contributed by atoms with Crippen LogP contribution in [0.5, 0.6) is 0 Å². The molecule has 8 nitrogen and oxygen atoms in total. The van der Waals surface area contributed by atoms with Crippen molar-refractivity contribution in [1.29, 1.82) is 0 Å². The first kappa shape index (κ1) is 23.2. The molecule has 5 aromatic rings. The number of hydrogen-bond acceptors (Lipinski definition) is 6. The lowest BCUT2D eigenvalue weighted by Crippen LogP contribution is -2.13. The molecule has 1 aromatic carbocycles. The number of anilines is 1. The van der Waals surface area contributed by atoms with Crippen molar-refractivity contribution in [1.82, 2.24) is 24.9 Å². The lowest BCUT2D eigenvalue weighted by atomic mass is 9.93. The molecule has 0 atom stereocenters. The number of nitrogens with zero attached hydrogens (tertiary/aromatic N) is 5. The largest absolute Gasteiger partial charge is 0.360 e. The van der Waals surface area contributed by atoms with Crippen LogP contribution >= 0.6 is 0 Å². The van der Waals surface area contributed by atoms with Gasteiger partial charge in [-0.05, 0) is 48.4 Å². The summed E-state index contributed by atoms with van der Waals surface area (Å²) in [5, 5.41) is 11.4. The van der Waals surface area contributed by atoms with E-state index in [9.17, 15) is 4.79 Å². The molecule has 0 spiro atoms. The highest BCUT2D eigenvalue weighted by Gasteiger charge is 2.22. The fourth-order valence-electron chi connectivity index (χ4n) is 3.77. The summed E-state index contributed by atoms with van der Waals surface area (Å²) in [4.78, 5) is 21.3. The summed E-state index contributed by atoms with van der Waals surface area (Å²) < 4.78 is 7.15. The molecular weight excluding hydrogens is 452 g/mol. The van der Waals surface area contributed by atoms with Crippen LogP contribution in [0.25, 0.3) is 27.9 Å². The lowest BCUT2D eigenvalue weighted by Gasteiger charge is -2.12. The Morgan fingerprint density at radius 2 is 1.64 bits per heavy atom. The zero-order chi connectivity index (χ0) is 25.3. The van der Waals surface area contributed by atoms with Crippen LogP contribution in [0.15, 0.2) is 84.2 Å². The summed E-state index contributed by atoms with van der Waals surface area (Å²) in [5.74, 6) is 0.327. The van der Waals surface area contributed by atoms with E-state index in [1.165, 1.54) is 0 Å². The van der Waals surface area contributed by atoms with Crippen LogP contribution in [-0.4, -0.2) is 30.8 Å². The van der Waals surface area contributed by atoms with Crippen molar-refractivity contribution in [2.75, 3.05) is 5.32 Å². The molecule has 0 saturated heterocycles. The van der Waals surface area contributed by atoms with E-state index in [-0.39, 0.29) is 17.0 Å². The average molecular weight is 479 g/mol. The molecule has 0 unspecified atom stereocenters.